The minimum atomic E-state index is -0.968. The summed E-state index contributed by atoms with van der Waals surface area (Å²) in [6, 6.07) is 7.72. The van der Waals surface area contributed by atoms with Gasteiger partial charge in [0.2, 0.25) is 0 Å². The van der Waals surface area contributed by atoms with E-state index >= 15 is 0 Å². The van der Waals surface area contributed by atoms with Gasteiger partial charge in [0.1, 0.15) is 17.6 Å². The van der Waals surface area contributed by atoms with Crippen LogP contribution in [0.4, 0.5) is 10.6 Å². The van der Waals surface area contributed by atoms with Gasteiger partial charge in [0, 0.05) is 32.3 Å². The molecule has 0 spiro atoms. The van der Waals surface area contributed by atoms with E-state index in [0.29, 0.717) is 11.6 Å². The van der Waals surface area contributed by atoms with Crippen molar-refractivity contribution in [1.29, 1.82) is 0 Å². The number of anilines is 1. The highest BCUT2D eigenvalue weighted by atomic mass is 16.6. The van der Waals surface area contributed by atoms with Crippen LogP contribution in [0.2, 0.25) is 0 Å². The van der Waals surface area contributed by atoms with Crippen LogP contribution < -0.4 is 10.1 Å². The number of ether oxygens (including phenoxy) is 1. The topological polar surface area (TPSA) is 108 Å². The van der Waals surface area contributed by atoms with Crippen molar-refractivity contribution in [3.05, 3.63) is 41.6 Å². The third-order valence-corrected chi connectivity index (χ3v) is 3.57. The van der Waals surface area contributed by atoms with E-state index in [-0.39, 0.29) is 6.42 Å². The van der Waals surface area contributed by atoms with Crippen LogP contribution >= 0.6 is 0 Å². The number of nitrogens with zero attached hydrogens (tertiary/aromatic N) is 2. The van der Waals surface area contributed by atoms with Gasteiger partial charge in [-0.05, 0) is 24.1 Å². The summed E-state index contributed by atoms with van der Waals surface area (Å²) < 4.78 is 5.13. The van der Waals surface area contributed by atoms with Crippen LogP contribution in [0, 0.1) is 0 Å². The van der Waals surface area contributed by atoms with Crippen molar-refractivity contribution in [2.75, 3.05) is 19.4 Å². The van der Waals surface area contributed by atoms with Gasteiger partial charge in [-0.15, -0.1) is 0 Å². The van der Waals surface area contributed by atoms with Crippen LogP contribution in [0.15, 0.2) is 30.3 Å². The maximum atomic E-state index is 11.5. The van der Waals surface area contributed by atoms with Gasteiger partial charge in [-0.25, -0.2) is 9.59 Å². The van der Waals surface area contributed by atoms with Crippen molar-refractivity contribution in [3.8, 4) is 5.75 Å². The Kier molecular flexibility index (Phi) is 5.99. The van der Waals surface area contributed by atoms with Gasteiger partial charge < -0.3 is 20.1 Å². The molecule has 8 nitrogen and oxygen atoms in total. The third kappa shape index (κ3) is 5.23. The Morgan fingerprint density at radius 3 is 2.52 bits per heavy atom. The van der Waals surface area contributed by atoms with Crippen LogP contribution in [-0.2, 0) is 17.6 Å². The second-order valence-electron chi connectivity index (χ2n) is 5.78. The number of carboxylic acid groups (broad SMARTS) is 1. The molecule has 1 amide bonds. The number of aromatic nitrogens is 2. The number of hydrogen-bond acceptors (Lipinski definition) is 5. The van der Waals surface area contributed by atoms with Crippen molar-refractivity contribution in [1.82, 2.24) is 15.1 Å². The summed E-state index contributed by atoms with van der Waals surface area (Å²) in [6.45, 7) is 1.98. The summed E-state index contributed by atoms with van der Waals surface area (Å²) in [6.07, 6.45) is 0.591. The van der Waals surface area contributed by atoms with Gasteiger partial charge in [-0.2, -0.15) is 5.10 Å². The Hall–Kier alpha value is -3.03. The van der Waals surface area contributed by atoms with Gasteiger partial charge in [0.25, 0.3) is 0 Å². The molecule has 0 unspecified atom stereocenters. The maximum Gasteiger partial charge on any atom is 0.414 e. The molecule has 1 aromatic carbocycles. The third-order valence-electron chi connectivity index (χ3n) is 3.57. The summed E-state index contributed by atoms with van der Waals surface area (Å²) in [5.74, 6) is -0.0629. The first kappa shape index (κ1) is 18.3. The fraction of sp³-hybridized carbons (Fsp3) is 0.353. The lowest BCUT2D eigenvalue weighted by molar-refractivity contribution is -0.137. The standard InChI is InChI=1S/C17H22N4O4/c1-4-12-10-15(20-19-12)18-14(16(22)23)9-11-5-7-13(8-6-11)25-17(24)21(2)3/h5-8,10,14H,4,9H2,1-3H3,(H,22,23)(H2,18,19,20)/t14-/m0/s1. The van der Waals surface area contributed by atoms with E-state index < -0.39 is 18.1 Å². The lowest BCUT2D eigenvalue weighted by Crippen LogP contribution is -2.31. The SMILES string of the molecule is CCc1cc(N[C@@H](Cc2ccc(OC(=O)N(C)C)cc2)C(=O)O)n[nH]1. The highest BCUT2D eigenvalue weighted by molar-refractivity contribution is 5.77. The number of aliphatic carboxylic acids is 1. The number of hydrogen-bond donors (Lipinski definition) is 3. The molecule has 1 heterocycles. The molecule has 2 aromatic rings. The lowest BCUT2D eigenvalue weighted by Gasteiger charge is -2.14. The van der Waals surface area contributed by atoms with Crippen molar-refractivity contribution < 1.29 is 19.4 Å². The van der Waals surface area contributed by atoms with E-state index in [0.717, 1.165) is 17.7 Å². The fourth-order valence-electron chi connectivity index (χ4n) is 2.12. The number of nitrogens with one attached hydrogen (secondary N) is 2. The normalized spacial score (nSPS) is 11.6. The lowest BCUT2D eigenvalue weighted by atomic mass is 10.1. The van der Waals surface area contributed by atoms with Crippen LogP contribution in [0.3, 0.4) is 0 Å². The zero-order valence-electron chi connectivity index (χ0n) is 14.4. The molecule has 0 aliphatic heterocycles. The molecular weight excluding hydrogens is 324 g/mol. The monoisotopic (exact) mass is 346 g/mol. The maximum absolute atomic E-state index is 11.5. The molecule has 0 radical (unpaired) electrons. The van der Waals surface area contributed by atoms with E-state index in [2.05, 4.69) is 15.5 Å². The van der Waals surface area contributed by atoms with Crippen molar-refractivity contribution in [2.45, 2.75) is 25.8 Å². The number of carbonyl (C=O) groups excluding carboxylic acids is 1. The smallest absolute Gasteiger partial charge is 0.414 e. The first-order valence-corrected chi connectivity index (χ1v) is 7.90. The second kappa shape index (κ2) is 8.18. The molecule has 0 fully saturated rings. The fourth-order valence-corrected chi connectivity index (χ4v) is 2.12. The summed E-state index contributed by atoms with van der Waals surface area (Å²) >= 11 is 0. The van der Waals surface area contributed by atoms with Gasteiger partial charge in [0.05, 0.1) is 0 Å². The number of H-pyrrole nitrogens is 1. The molecule has 1 aromatic heterocycles. The highest BCUT2D eigenvalue weighted by Crippen LogP contribution is 2.16. The summed E-state index contributed by atoms with van der Waals surface area (Å²) in [7, 11) is 3.19. The Labute approximate surface area is 145 Å². The van der Waals surface area contributed by atoms with Crippen LogP contribution in [-0.4, -0.2) is 52.4 Å². The zero-order chi connectivity index (χ0) is 18.4. The number of rotatable bonds is 7. The van der Waals surface area contributed by atoms with Gasteiger partial charge in [-0.1, -0.05) is 19.1 Å². The van der Waals surface area contributed by atoms with Crippen molar-refractivity contribution in [2.24, 2.45) is 0 Å². The van der Waals surface area contributed by atoms with Crippen LogP contribution in [0.25, 0.3) is 0 Å². The molecule has 0 aliphatic rings. The van der Waals surface area contributed by atoms with Crippen molar-refractivity contribution in [3.63, 3.8) is 0 Å². The van der Waals surface area contributed by atoms with E-state index in [1.54, 1.807) is 44.4 Å². The van der Waals surface area contributed by atoms with E-state index in [1.165, 1.54) is 4.90 Å². The van der Waals surface area contributed by atoms with Gasteiger partial charge in [-0.3, -0.25) is 5.10 Å². The predicted molar refractivity (Wildman–Crippen MR) is 92.9 cm³/mol. The predicted octanol–water partition coefficient (Wildman–Crippen LogP) is 2.14. The van der Waals surface area contributed by atoms with Crippen molar-refractivity contribution >= 4 is 17.9 Å². The molecular formula is C17H22N4O4. The van der Waals surface area contributed by atoms with Gasteiger partial charge in [0.15, 0.2) is 0 Å². The van der Waals surface area contributed by atoms with E-state index in [1.807, 2.05) is 6.92 Å². The number of carbonyl (C=O) groups is 2. The largest absolute Gasteiger partial charge is 0.480 e. The van der Waals surface area contributed by atoms with Crippen LogP contribution in [0.1, 0.15) is 18.2 Å². The summed E-state index contributed by atoms with van der Waals surface area (Å²) in [5.41, 5.74) is 1.73. The number of benzene rings is 1. The number of aryl methyl sites for hydroxylation is 1. The van der Waals surface area contributed by atoms with Gasteiger partial charge >= 0.3 is 12.1 Å². The Balaban J connectivity index is 2.01. The van der Waals surface area contributed by atoms with E-state index in [9.17, 15) is 14.7 Å². The second-order valence-corrected chi connectivity index (χ2v) is 5.78. The summed E-state index contributed by atoms with van der Waals surface area (Å²) in [4.78, 5) is 24.3. The molecule has 2 rings (SSSR count). The molecule has 0 aliphatic carbocycles. The minimum Gasteiger partial charge on any atom is -0.480 e. The molecule has 1 atom stereocenters. The first-order valence-electron chi connectivity index (χ1n) is 7.90. The summed E-state index contributed by atoms with van der Waals surface area (Å²) in [5, 5.41) is 19.2. The average Bonchev–Trinajstić information content (AvgIpc) is 3.03. The highest BCUT2D eigenvalue weighted by Gasteiger charge is 2.19. The number of aromatic amines is 1. The Morgan fingerprint density at radius 1 is 1.32 bits per heavy atom. The molecule has 0 saturated carbocycles. The Morgan fingerprint density at radius 2 is 2.00 bits per heavy atom. The average molecular weight is 346 g/mol. The molecule has 0 bridgehead atoms. The number of amides is 1. The van der Waals surface area contributed by atoms with Crippen LogP contribution in [0.5, 0.6) is 5.75 Å². The molecule has 3 N–H and O–H groups in total. The first-order chi connectivity index (χ1) is 11.9. The zero-order valence-corrected chi connectivity index (χ0v) is 14.4. The molecule has 25 heavy (non-hydrogen) atoms. The number of carboxylic acids is 1. The minimum absolute atomic E-state index is 0.269. The molecule has 0 saturated heterocycles. The quantitative estimate of drug-likeness (QED) is 0.709. The molecule has 134 valence electrons. The Bertz CT molecular complexity index is 725. The van der Waals surface area contributed by atoms with E-state index in [4.69, 9.17) is 4.74 Å². The molecule has 8 heteroatoms.